The van der Waals surface area contributed by atoms with E-state index in [1.165, 1.54) is 27.5 Å². The molecule has 9 aromatic carbocycles. The summed E-state index contributed by atoms with van der Waals surface area (Å²) in [5.41, 5.74) is 15.3. The lowest BCUT2D eigenvalue weighted by Gasteiger charge is -2.14. The molecule has 4 heteroatoms. The van der Waals surface area contributed by atoms with Crippen molar-refractivity contribution in [2.45, 2.75) is 0 Å². The summed E-state index contributed by atoms with van der Waals surface area (Å²) < 4.78 is 2.39. The Balaban J connectivity index is 1.11. The highest BCUT2D eigenvalue weighted by atomic mass is 15.0. The van der Waals surface area contributed by atoms with Gasteiger partial charge in [-0.15, -0.1) is 0 Å². The van der Waals surface area contributed by atoms with Crippen molar-refractivity contribution in [3.05, 3.63) is 231 Å². The smallest absolute Gasteiger partial charge is 0.164 e. The maximum Gasteiger partial charge on any atom is 0.164 e. The molecule has 61 heavy (non-hydrogen) atoms. The Morgan fingerprint density at radius 3 is 1.25 bits per heavy atom. The van der Waals surface area contributed by atoms with Gasteiger partial charge in [-0.1, -0.05) is 200 Å². The van der Waals surface area contributed by atoms with E-state index in [1.807, 2.05) is 24.3 Å². The zero-order chi connectivity index (χ0) is 40.5. The molecule has 0 fully saturated rings. The Labute approximate surface area is 354 Å². The van der Waals surface area contributed by atoms with Crippen molar-refractivity contribution in [3.8, 4) is 84.4 Å². The van der Waals surface area contributed by atoms with Crippen LogP contribution in [-0.2, 0) is 0 Å². The summed E-state index contributed by atoms with van der Waals surface area (Å²) in [4.78, 5) is 15.5. The first kappa shape index (κ1) is 35.9. The van der Waals surface area contributed by atoms with Crippen molar-refractivity contribution < 1.29 is 0 Å². The van der Waals surface area contributed by atoms with Crippen molar-refractivity contribution in [3.63, 3.8) is 0 Å². The van der Waals surface area contributed by atoms with Gasteiger partial charge in [0.1, 0.15) is 0 Å². The topological polar surface area (TPSA) is 43.6 Å². The van der Waals surface area contributed by atoms with Gasteiger partial charge in [-0.25, -0.2) is 15.0 Å². The Morgan fingerprint density at radius 1 is 0.262 bits per heavy atom. The van der Waals surface area contributed by atoms with Crippen LogP contribution in [0.4, 0.5) is 0 Å². The quantitative estimate of drug-likeness (QED) is 0.154. The minimum atomic E-state index is 0.610. The molecule has 0 N–H and O–H groups in total. The molecule has 0 aliphatic carbocycles. The van der Waals surface area contributed by atoms with Gasteiger partial charge >= 0.3 is 0 Å². The van der Waals surface area contributed by atoms with E-state index in [-0.39, 0.29) is 0 Å². The number of aromatic nitrogens is 4. The molecule has 0 spiro atoms. The van der Waals surface area contributed by atoms with Crippen LogP contribution in [0.5, 0.6) is 0 Å². The Bertz CT molecular complexity index is 3300. The zero-order valence-corrected chi connectivity index (χ0v) is 33.2. The highest BCUT2D eigenvalue weighted by Crippen LogP contribution is 2.42. The highest BCUT2D eigenvalue weighted by molar-refractivity contribution is 6.17. The number of hydrogen-bond donors (Lipinski definition) is 0. The minimum Gasteiger partial charge on any atom is -0.309 e. The van der Waals surface area contributed by atoms with E-state index in [9.17, 15) is 0 Å². The molecule has 2 heterocycles. The Morgan fingerprint density at radius 2 is 0.672 bits per heavy atom. The van der Waals surface area contributed by atoms with Crippen LogP contribution in [0.15, 0.2) is 231 Å². The second-order valence-corrected chi connectivity index (χ2v) is 15.2. The van der Waals surface area contributed by atoms with Gasteiger partial charge in [-0.3, -0.25) is 0 Å². The summed E-state index contributed by atoms with van der Waals surface area (Å²) in [6.45, 7) is 0. The molecule has 0 aliphatic heterocycles. The molecule has 2 aromatic heterocycles. The number of fused-ring (bicyclic) bond motifs is 3. The Hall–Kier alpha value is -8.21. The first-order valence-corrected chi connectivity index (χ1v) is 20.6. The maximum absolute atomic E-state index is 5.25. The van der Waals surface area contributed by atoms with Gasteiger partial charge in [0.05, 0.1) is 11.0 Å². The fraction of sp³-hybridized carbons (Fsp3) is 0. The number of para-hydroxylation sites is 1. The summed E-state index contributed by atoms with van der Waals surface area (Å²) in [7, 11) is 0. The number of benzene rings is 9. The first-order valence-electron chi connectivity index (χ1n) is 20.6. The predicted octanol–water partition coefficient (Wildman–Crippen LogP) is 14.6. The van der Waals surface area contributed by atoms with E-state index in [0.29, 0.717) is 17.5 Å². The Kier molecular flexibility index (Phi) is 9.14. The van der Waals surface area contributed by atoms with Crippen molar-refractivity contribution in [2.24, 2.45) is 0 Å². The summed E-state index contributed by atoms with van der Waals surface area (Å²) >= 11 is 0. The van der Waals surface area contributed by atoms with Gasteiger partial charge in [-0.2, -0.15) is 0 Å². The fourth-order valence-electron chi connectivity index (χ4n) is 8.45. The van der Waals surface area contributed by atoms with Crippen LogP contribution >= 0.6 is 0 Å². The van der Waals surface area contributed by atoms with Gasteiger partial charge in [-0.05, 0) is 74.8 Å². The molecule has 0 amide bonds. The minimum absolute atomic E-state index is 0.610. The van der Waals surface area contributed by atoms with Crippen LogP contribution in [0.25, 0.3) is 106 Å². The standard InChI is InChI=1S/C57H38N4/c1-5-16-39(17-6-1)41-28-30-43(31-29-41)47-24-15-25-49(36-47)61-52-27-14-13-26-50(52)54-51(44-20-9-3-10-21-44)37-48(38-53(54)61)57-59-55(45-22-11-4-12-23-45)58-56(60-57)46-34-32-42(33-35-46)40-18-7-2-8-19-40/h1-38H. The third-order valence-electron chi connectivity index (χ3n) is 11.5. The van der Waals surface area contributed by atoms with E-state index in [0.717, 1.165) is 61.2 Å². The van der Waals surface area contributed by atoms with E-state index in [2.05, 4.69) is 211 Å². The second-order valence-electron chi connectivity index (χ2n) is 15.2. The van der Waals surface area contributed by atoms with Crippen LogP contribution in [0, 0.1) is 0 Å². The van der Waals surface area contributed by atoms with E-state index < -0.39 is 0 Å². The third-order valence-corrected chi connectivity index (χ3v) is 11.5. The predicted molar refractivity (Wildman–Crippen MR) is 252 cm³/mol. The van der Waals surface area contributed by atoms with E-state index in [1.54, 1.807) is 0 Å². The average Bonchev–Trinajstić information content (AvgIpc) is 3.69. The van der Waals surface area contributed by atoms with Crippen molar-refractivity contribution in [1.82, 2.24) is 19.5 Å². The molecule has 0 aliphatic rings. The van der Waals surface area contributed by atoms with Crippen LogP contribution in [0.1, 0.15) is 0 Å². The molecule has 286 valence electrons. The van der Waals surface area contributed by atoms with Gasteiger partial charge in [0.25, 0.3) is 0 Å². The van der Waals surface area contributed by atoms with Gasteiger partial charge in [0.2, 0.25) is 0 Å². The van der Waals surface area contributed by atoms with Crippen molar-refractivity contribution in [2.75, 3.05) is 0 Å². The largest absolute Gasteiger partial charge is 0.309 e. The lowest BCUT2D eigenvalue weighted by atomic mass is 9.96. The SMILES string of the molecule is c1ccc(-c2ccc(-c3cccc(-n4c5ccccc5c5c(-c6ccccc6)cc(-c6nc(-c7ccccc7)nc(-c7ccc(-c8ccccc8)cc7)n6)cc54)c3)cc2)cc1. The van der Waals surface area contributed by atoms with Crippen LogP contribution < -0.4 is 0 Å². The summed E-state index contributed by atoms with van der Waals surface area (Å²) in [6.07, 6.45) is 0. The molecular formula is C57H38N4. The monoisotopic (exact) mass is 778 g/mol. The number of hydrogen-bond acceptors (Lipinski definition) is 3. The lowest BCUT2D eigenvalue weighted by Crippen LogP contribution is -2.01. The summed E-state index contributed by atoms with van der Waals surface area (Å²) in [6, 6.07) is 81.2. The van der Waals surface area contributed by atoms with Crippen molar-refractivity contribution in [1.29, 1.82) is 0 Å². The van der Waals surface area contributed by atoms with E-state index >= 15 is 0 Å². The first-order chi connectivity index (χ1) is 30.2. The lowest BCUT2D eigenvalue weighted by molar-refractivity contribution is 1.07. The van der Waals surface area contributed by atoms with Gasteiger partial charge in [0, 0.05) is 33.2 Å². The zero-order valence-electron chi connectivity index (χ0n) is 33.2. The van der Waals surface area contributed by atoms with Gasteiger partial charge < -0.3 is 4.57 Å². The summed E-state index contributed by atoms with van der Waals surface area (Å²) in [5.74, 6) is 1.86. The molecule has 0 bridgehead atoms. The normalized spacial score (nSPS) is 11.3. The second kappa shape index (κ2) is 15.5. The molecule has 0 unspecified atom stereocenters. The molecule has 0 saturated carbocycles. The molecule has 0 radical (unpaired) electrons. The van der Waals surface area contributed by atoms with Crippen LogP contribution in [0.3, 0.4) is 0 Å². The third kappa shape index (κ3) is 6.86. The molecular weight excluding hydrogens is 741 g/mol. The van der Waals surface area contributed by atoms with Crippen LogP contribution in [0.2, 0.25) is 0 Å². The molecule has 0 saturated heterocycles. The number of nitrogens with zero attached hydrogens (tertiary/aromatic N) is 4. The molecule has 11 aromatic rings. The summed E-state index contributed by atoms with van der Waals surface area (Å²) in [5, 5.41) is 2.36. The van der Waals surface area contributed by atoms with Crippen LogP contribution in [-0.4, -0.2) is 19.5 Å². The maximum atomic E-state index is 5.25. The average molecular weight is 779 g/mol. The highest BCUT2D eigenvalue weighted by Gasteiger charge is 2.21. The fourth-order valence-corrected chi connectivity index (χ4v) is 8.45. The number of rotatable bonds is 8. The molecule has 0 atom stereocenters. The molecule has 11 rings (SSSR count). The van der Waals surface area contributed by atoms with Crippen molar-refractivity contribution >= 4 is 21.8 Å². The van der Waals surface area contributed by atoms with E-state index in [4.69, 9.17) is 15.0 Å². The molecule has 4 nitrogen and oxygen atoms in total. The van der Waals surface area contributed by atoms with Gasteiger partial charge in [0.15, 0.2) is 17.5 Å².